The zero-order valence-corrected chi connectivity index (χ0v) is 28.3. The largest absolute Gasteiger partial charge is 0.488 e. The van der Waals surface area contributed by atoms with Crippen LogP contribution in [0.25, 0.3) is 11.1 Å². The van der Waals surface area contributed by atoms with Gasteiger partial charge in [-0.15, -0.1) is 0 Å². The van der Waals surface area contributed by atoms with Gasteiger partial charge < -0.3 is 34.1 Å². The van der Waals surface area contributed by atoms with E-state index in [9.17, 15) is 19.6 Å². The molecular weight excluding hydrogens is 600 g/mol. The topological polar surface area (TPSA) is 130 Å². The van der Waals surface area contributed by atoms with Crippen LogP contribution in [0.15, 0.2) is 36.4 Å². The summed E-state index contributed by atoms with van der Waals surface area (Å²) in [6.45, 7) is 13.5. The number of carbonyl (C=O) groups excluding carboxylic acids is 3. The Hall–Kier alpha value is -4.30. The van der Waals surface area contributed by atoms with E-state index in [1.807, 2.05) is 39.0 Å². The minimum Gasteiger partial charge on any atom is -0.488 e. The highest BCUT2D eigenvalue weighted by molar-refractivity contribution is 5.82. The molecule has 11 heteroatoms. The van der Waals surface area contributed by atoms with Crippen molar-refractivity contribution in [1.29, 1.82) is 5.26 Å². The van der Waals surface area contributed by atoms with E-state index in [2.05, 4.69) is 29.6 Å². The fraction of sp³-hybridized carbons (Fsp3) is 0.556. The predicted molar refractivity (Wildman–Crippen MR) is 175 cm³/mol. The minimum absolute atomic E-state index is 0.0485. The van der Waals surface area contributed by atoms with Crippen LogP contribution in [0.2, 0.25) is 0 Å². The third kappa shape index (κ3) is 8.74. The van der Waals surface area contributed by atoms with Crippen LogP contribution in [0.1, 0.15) is 77.0 Å². The molecule has 3 aliphatic rings. The van der Waals surface area contributed by atoms with Crippen molar-refractivity contribution in [2.75, 3.05) is 32.8 Å². The summed E-state index contributed by atoms with van der Waals surface area (Å²) in [4.78, 5) is 41.7. The summed E-state index contributed by atoms with van der Waals surface area (Å²) in [6, 6.07) is 13.7. The van der Waals surface area contributed by atoms with Gasteiger partial charge in [-0.05, 0) is 82.7 Å². The first-order valence-corrected chi connectivity index (χ1v) is 16.4. The standard InChI is InChI=1S/C36H46N4O7/c1-35(2,3)46-33(42)39-13-7-15-44-31(21-39)32(41)38-27(19-37)16-23-8-11-28-29-18-24(9-10-26(29)22-45-30(28)17-23)25-12-14-40(20-25)34(43)47-36(4,5)6/h8-11,17-18,25,27,31H,7,12-16,20-22H2,1-6H3,(H,38,41)/t25?,27?,31-/m0/s1. The van der Waals surface area contributed by atoms with Gasteiger partial charge in [-0.3, -0.25) is 4.79 Å². The van der Waals surface area contributed by atoms with Gasteiger partial charge in [0.1, 0.15) is 29.6 Å². The first kappa shape index (κ1) is 34.0. The number of hydrogen-bond donors (Lipinski definition) is 1. The maximum atomic E-state index is 13.2. The zero-order chi connectivity index (χ0) is 33.9. The number of fused-ring (bicyclic) bond motifs is 3. The van der Waals surface area contributed by atoms with E-state index in [0.717, 1.165) is 34.4 Å². The van der Waals surface area contributed by atoms with E-state index in [4.69, 9.17) is 18.9 Å². The summed E-state index contributed by atoms with van der Waals surface area (Å²) < 4.78 is 22.9. The van der Waals surface area contributed by atoms with E-state index in [1.54, 1.807) is 25.7 Å². The lowest BCUT2D eigenvalue weighted by Crippen LogP contribution is -2.48. The minimum atomic E-state index is -0.908. The number of nitrogens with one attached hydrogen (secondary N) is 1. The maximum absolute atomic E-state index is 13.2. The van der Waals surface area contributed by atoms with Gasteiger partial charge in [-0.25, -0.2) is 9.59 Å². The summed E-state index contributed by atoms with van der Waals surface area (Å²) in [5, 5.41) is 12.7. The zero-order valence-electron chi connectivity index (χ0n) is 28.3. The molecule has 3 amide bonds. The molecule has 2 aromatic carbocycles. The Balaban J connectivity index is 1.23. The van der Waals surface area contributed by atoms with Gasteiger partial charge in [0.05, 0.1) is 12.6 Å². The van der Waals surface area contributed by atoms with Crippen molar-refractivity contribution >= 4 is 18.1 Å². The smallest absolute Gasteiger partial charge is 0.410 e. The molecule has 2 aromatic rings. The van der Waals surface area contributed by atoms with Crippen molar-refractivity contribution in [3.8, 4) is 22.9 Å². The lowest BCUT2D eigenvalue weighted by Gasteiger charge is -2.28. The van der Waals surface area contributed by atoms with E-state index in [0.29, 0.717) is 39.3 Å². The number of benzene rings is 2. The monoisotopic (exact) mass is 646 g/mol. The molecule has 1 N–H and O–H groups in total. The number of amides is 3. The average Bonchev–Trinajstić information content (AvgIpc) is 3.36. The molecule has 2 fully saturated rings. The van der Waals surface area contributed by atoms with Gasteiger partial charge in [0, 0.05) is 44.1 Å². The molecule has 252 valence electrons. The van der Waals surface area contributed by atoms with Crippen LogP contribution in [0.3, 0.4) is 0 Å². The number of likely N-dealkylation sites (tertiary alicyclic amines) is 1. The Morgan fingerprint density at radius 3 is 2.34 bits per heavy atom. The number of carbonyl (C=O) groups is 3. The fourth-order valence-electron chi connectivity index (χ4n) is 6.05. The Morgan fingerprint density at radius 2 is 1.66 bits per heavy atom. The normalized spacial score (nSPS) is 20.1. The molecule has 3 heterocycles. The third-order valence-corrected chi connectivity index (χ3v) is 8.30. The molecule has 11 nitrogen and oxygen atoms in total. The molecule has 2 saturated heterocycles. The Kier molecular flexibility index (Phi) is 10.0. The fourth-order valence-corrected chi connectivity index (χ4v) is 6.05. The molecule has 0 aromatic heterocycles. The van der Waals surface area contributed by atoms with Crippen LogP contribution in [0, 0.1) is 11.3 Å². The van der Waals surface area contributed by atoms with Gasteiger partial charge >= 0.3 is 12.2 Å². The van der Waals surface area contributed by atoms with Crippen LogP contribution in [0.5, 0.6) is 5.75 Å². The molecule has 3 atom stereocenters. The number of nitrogens with zero attached hydrogens (tertiary/aromatic N) is 3. The second-order valence-electron chi connectivity index (χ2n) is 14.5. The van der Waals surface area contributed by atoms with Gasteiger partial charge in [-0.2, -0.15) is 5.26 Å². The Bertz CT molecular complexity index is 1540. The van der Waals surface area contributed by atoms with E-state index in [1.165, 1.54) is 10.5 Å². The lowest BCUT2D eigenvalue weighted by molar-refractivity contribution is -0.133. The quantitative estimate of drug-likeness (QED) is 0.448. The Morgan fingerprint density at radius 1 is 0.957 bits per heavy atom. The second-order valence-corrected chi connectivity index (χ2v) is 14.5. The summed E-state index contributed by atoms with van der Waals surface area (Å²) >= 11 is 0. The molecule has 47 heavy (non-hydrogen) atoms. The molecule has 0 spiro atoms. The molecular formula is C36H46N4O7. The van der Waals surface area contributed by atoms with Gasteiger partial charge in [0.25, 0.3) is 5.91 Å². The van der Waals surface area contributed by atoms with Gasteiger partial charge in [0.2, 0.25) is 0 Å². The third-order valence-electron chi connectivity index (χ3n) is 8.30. The van der Waals surface area contributed by atoms with E-state index in [-0.39, 0.29) is 25.0 Å². The number of nitriles is 1. The molecule has 0 aliphatic carbocycles. The van der Waals surface area contributed by atoms with Gasteiger partial charge in [0.15, 0.2) is 6.10 Å². The van der Waals surface area contributed by atoms with Crippen LogP contribution < -0.4 is 10.1 Å². The van der Waals surface area contributed by atoms with Crippen LogP contribution >= 0.6 is 0 Å². The van der Waals surface area contributed by atoms with Crippen molar-refractivity contribution in [3.05, 3.63) is 53.1 Å². The van der Waals surface area contributed by atoms with Crippen molar-refractivity contribution in [3.63, 3.8) is 0 Å². The highest BCUT2D eigenvalue weighted by Gasteiger charge is 2.33. The van der Waals surface area contributed by atoms with Gasteiger partial charge in [-0.1, -0.05) is 30.3 Å². The summed E-state index contributed by atoms with van der Waals surface area (Å²) in [6.07, 6.45) is 0.0421. The first-order valence-electron chi connectivity index (χ1n) is 16.4. The molecule has 0 bridgehead atoms. The van der Waals surface area contributed by atoms with Crippen LogP contribution in [0.4, 0.5) is 9.59 Å². The summed E-state index contributed by atoms with van der Waals surface area (Å²) in [5.74, 6) is 0.490. The van der Waals surface area contributed by atoms with E-state index < -0.39 is 35.3 Å². The van der Waals surface area contributed by atoms with Crippen molar-refractivity contribution in [2.24, 2.45) is 0 Å². The summed E-state index contributed by atoms with van der Waals surface area (Å²) in [5.41, 5.74) is 3.97. The van der Waals surface area contributed by atoms with Crippen LogP contribution in [-0.4, -0.2) is 84.0 Å². The predicted octanol–water partition coefficient (Wildman–Crippen LogP) is 5.55. The lowest BCUT2D eigenvalue weighted by atomic mass is 9.89. The Labute approximate surface area is 277 Å². The maximum Gasteiger partial charge on any atom is 0.410 e. The number of rotatable bonds is 5. The van der Waals surface area contributed by atoms with Crippen molar-refractivity contribution in [1.82, 2.24) is 15.1 Å². The van der Waals surface area contributed by atoms with Crippen LogP contribution in [-0.2, 0) is 32.0 Å². The number of hydrogen-bond acceptors (Lipinski definition) is 8. The average molecular weight is 647 g/mol. The van der Waals surface area contributed by atoms with Crippen molar-refractivity contribution in [2.45, 2.75) is 96.7 Å². The molecule has 0 saturated carbocycles. The SMILES string of the molecule is CC(C)(C)OC(=O)N1CCC(c2ccc3c(c2)-c2ccc(CC(C#N)NC(=O)[C@@H]4CN(C(=O)OC(C)(C)C)CCCO4)cc2OC3)C1. The first-order chi connectivity index (χ1) is 22.2. The number of ether oxygens (including phenoxy) is 4. The second kappa shape index (κ2) is 13.8. The van der Waals surface area contributed by atoms with Crippen molar-refractivity contribution < 1.29 is 33.3 Å². The van der Waals surface area contributed by atoms with E-state index >= 15 is 0 Å². The molecule has 0 radical (unpaired) electrons. The highest BCUT2D eigenvalue weighted by atomic mass is 16.6. The molecule has 2 unspecified atom stereocenters. The highest BCUT2D eigenvalue weighted by Crippen LogP contribution is 2.40. The molecule has 5 rings (SSSR count). The molecule has 3 aliphatic heterocycles. The summed E-state index contributed by atoms with van der Waals surface area (Å²) in [7, 11) is 0.